The van der Waals surface area contributed by atoms with Gasteiger partial charge in [0.05, 0.1) is 28.1 Å². The number of pyridine rings is 1. The number of alkyl halides is 6. The number of ether oxygens (including phenoxy) is 2. The van der Waals surface area contributed by atoms with Crippen LogP contribution in [0.1, 0.15) is 50.2 Å². The van der Waals surface area contributed by atoms with E-state index in [0.717, 1.165) is 29.3 Å². The maximum absolute atomic E-state index is 15.0. The molecule has 0 unspecified atom stereocenters. The monoisotopic (exact) mass is 889 g/mol. The summed E-state index contributed by atoms with van der Waals surface area (Å²) in [5.74, 6) is -0.381. The van der Waals surface area contributed by atoms with Gasteiger partial charge in [0, 0.05) is 72.3 Å². The predicted octanol–water partition coefficient (Wildman–Crippen LogP) is 11.4. The van der Waals surface area contributed by atoms with Crippen LogP contribution in [0.15, 0.2) is 120 Å². The molecule has 10 rings (SSSR count). The van der Waals surface area contributed by atoms with Crippen LogP contribution in [0, 0.1) is 0 Å². The first-order valence-corrected chi connectivity index (χ1v) is 20.1. The number of benzene rings is 4. The summed E-state index contributed by atoms with van der Waals surface area (Å²) in [6.45, 7) is 0. The molecule has 0 bridgehead atoms. The van der Waals surface area contributed by atoms with Gasteiger partial charge in [-0.15, -0.1) is 5.10 Å². The smallest absolute Gasteiger partial charge is 0.356 e. The number of hydrogen-bond donors (Lipinski definition) is 0. The highest BCUT2D eigenvalue weighted by Gasteiger charge is 2.42. The SMILES string of the molecule is COC(Cc1noc(-c2nnn(-c3cc(C(F)(F)F)cc4c3Cc3cccc(C(F)(F)F)c3-4)c2-c2ccncc2)c1C1=C(c2ccccc2Cl)C(=O)C2=Cc3ccccc3C2=C1)OC. The lowest BCUT2D eigenvalue weighted by molar-refractivity contribution is -0.137. The molecule has 0 N–H and O–H groups in total. The van der Waals surface area contributed by atoms with Crippen molar-refractivity contribution in [2.45, 2.75) is 31.5 Å². The van der Waals surface area contributed by atoms with E-state index in [4.69, 9.17) is 25.6 Å². The van der Waals surface area contributed by atoms with E-state index in [9.17, 15) is 31.1 Å². The second-order valence-corrected chi connectivity index (χ2v) is 15.6. The minimum absolute atomic E-state index is 0.0125. The van der Waals surface area contributed by atoms with Gasteiger partial charge in [0.15, 0.2) is 23.5 Å². The Bertz CT molecular complexity index is 3160. The zero-order valence-corrected chi connectivity index (χ0v) is 34.2. The number of ketones is 1. The molecule has 16 heteroatoms. The van der Waals surface area contributed by atoms with Gasteiger partial charge in [0.25, 0.3) is 0 Å². The summed E-state index contributed by atoms with van der Waals surface area (Å²) >= 11 is 6.86. The largest absolute Gasteiger partial charge is 0.417 e. The van der Waals surface area contributed by atoms with Crippen molar-refractivity contribution in [3.8, 4) is 39.5 Å². The standard InChI is InChI=1S/C48H30ClF6N5O4/c1-62-39(63-2)23-37-42(34-22-30-28-10-4-3-8-25(28)18-33(30)45(61)41(34)29-11-5-6-13-36(29)49)46(64-58-37)43-44(24-14-16-56-17-15-24)60(59-57-43)38-21-27(47(50,51)52)20-32-31(38)19-26-9-7-12-35(40(26)32)48(53,54)55/h3-18,20-22,39H,19,23H2,1-2H3. The maximum atomic E-state index is 15.0. The molecule has 9 nitrogen and oxygen atoms in total. The van der Waals surface area contributed by atoms with Crippen LogP contribution in [0.4, 0.5) is 26.3 Å². The van der Waals surface area contributed by atoms with E-state index in [1.165, 1.54) is 43.4 Å². The van der Waals surface area contributed by atoms with Crippen molar-refractivity contribution >= 4 is 40.2 Å². The lowest BCUT2D eigenvalue weighted by Crippen LogP contribution is -2.18. The molecule has 0 fully saturated rings. The van der Waals surface area contributed by atoms with Crippen LogP contribution in [-0.4, -0.2) is 51.4 Å². The fourth-order valence-electron chi connectivity index (χ4n) is 8.80. The van der Waals surface area contributed by atoms with Crippen molar-refractivity contribution < 1.29 is 45.1 Å². The van der Waals surface area contributed by atoms with Crippen LogP contribution < -0.4 is 0 Å². The number of nitrogens with zero attached hydrogens (tertiary/aromatic N) is 5. The Balaban J connectivity index is 1.28. The Morgan fingerprint density at radius 1 is 0.812 bits per heavy atom. The van der Waals surface area contributed by atoms with E-state index in [-0.39, 0.29) is 85.6 Å². The molecule has 0 radical (unpaired) electrons. The number of carbonyl (C=O) groups is 1. The van der Waals surface area contributed by atoms with Crippen LogP contribution in [0.25, 0.3) is 62.3 Å². The molecule has 0 saturated heterocycles. The third-order valence-corrected chi connectivity index (χ3v) is 12.0. The van der Waals surface area contributed by atoms with Gasteiger partial charge in [-0.3, -0.25) is 9.78 Å². The first-order valence-electron chi connectivity index (χ1n) is 19.7. The molecule has 0 spiro atoms. The molecule has 0 saturated carbocycles. The highest BCUT2D eigenvalue weighted by Crippen LogP contribution is 2.52. The molecular formula is C48H30ClF6N5O4. The van der Waals surface area contributed by atoms with Crippen LogP contribution in [-0.2, 0) is 39.5 Å². The van der Waals surface area contributed by atoms with Crippen LogP contribution in [0.3, 0.4) is 0 Å². The number of halogens is 7. The Hall–Kier alpha value is -6.94. The number of methoxy groups -OCH3 is 2. The Labute approximate surface area is 364 Å². The van der Waals surface area contributed by atoms with Crippen molar-refractivity contribution in [1.29, 1.82) is 0 Å². The molecule has 3 aliphatic rings. The molecule has 64 heavy (non-hydrogen) atoms. The molecule has 3 heterocycles. The number of allylic oxidation sites excluding steroid dienone is 5. The van der Waals surface area contributed by atoms with E-state index in [2.05, 4.69) is 20.5 Å². The van der Waals surface area contributed by atoms with Gasteiger partial charge < -0.3 is 14.0 Å². The van der Waals surface area contributed by atoms with Gasteiger partial charge >= 0.3 is 12.4 Å². The summed E-state index contributed by atoms with van der Waals surface area (Å²) < 4.78 is 107. The number of Topliss-reactive ketones (excluding diaryl/α,β-unsaturated/α-hetero) is 1. The maximum Gasteiger partial charge on any atom is 0.417 e. The first kappa shape index (κ1) is 41.1. The molecular weight excluding hydrogens is 860 g/mol. The van der Waals surface area contributed by atoms with Crippen molar-refractivity contribution in [1.82, 2.24) is 25.1 Å². The van der Waals surface area contributed by atoms with Gasteiger partial charge in [0.2, 0.25) is 0 Å². The minimum Gasteiger partial charge on any atom is -0.356 e. The van der Waals surface area contributed by atoms with Crippen molar-refractivity contribution in [2.24, 2.45) is 0 Å². The topological polar surface area (TPSA) is 105 Å². The normalized spacial score (nSPS) is 14.4. The summed E-state index contributed by atoms with van der Waals surface area (Å²) in [4.78, 5) is 19.1. The fraction of sp³-hybridized carbons (Fsp3) is 0.146. The second kappa shape index (κ2) is 15.4. The molecule has 3 aliphatic carbocycles. The molecule has 0 atom stereocenters. The van der Waals surface area contributed by atoms with Gasteiger partial charge in [0.1, 0.15) is 5.69 Å². The quantitative estimate of drug-likeness (QED) is 0.104. The van der Waals surface area contributed by atoms with Gasteiger partial charge in [-0.2, -0.15) is 26.3 Å². The molecule has 0 amide bonds. The molecule has 3 aromatic heterocycles. The number of rotatable bonds is 9. The van der Waals surface area contributed by atoms with Crippen molar-refractivity contribution in [3.63, 3.8) is 0 Å². The molecule has 4 aromatic carbocycles. The Morgan fingerprint density at radius 3 is 2.27 bits per heavy atom. The van der Waals surface area contributed by atoms with E-state index < -0.39 is 29.8 Å². The lowest BCUT2D eigenvalue weighted by atomic mass is 9.80. The summed E-state index contributed by atoms with van der Waals surface area (Å²) in [6.07, 6.45) is -4.27. The second-order valence-electron chi connectivity index (χ2n) is 15.2. The Kier molecular flexibility index (Phi) is 9.89. The first-order chi connectivity index (χ1) is 30.8. The third-order valence-electron chi connectivity index (χ3n) is 11.6. The van der Waals surface area contributed by atoms with Crippen LogP contribution >= 0.6 is 11.6 Å². The zero-order valence-electron chi connectivity index (χ0n) is 33.5. The van der Waals surface area contributed by atoms with Crippen molar-refractivity contribution in [3.05, 3.63) is 170 Å². The minimum atomic E-state index is -4.97. The van der Waals surface area contributed by atoms with Crippen LogP contribution in [0.2, 0.25) is 5.02 Å². The van der Waals surface area contributed by atoms with Crippen molar-refractivity contribution in [2.75, 3.05) is 14.2 Å². The fourth-order valence-corrected chi connectivity index (χ4v) is 9.03. The highest BCUT2D eigenvalue weighted by molar-refractivity contribution is 6.46. The van der Waals surface area contributed by atoms with Gasteiger partial charge in [-0.05, 0) is 87.5 Å². The third kappa shape index (κ3) is 6.69. The van der Waals surface area contributed by atoms with E-state index in [0.29, 0.717) is 27.8 Å². The molecule has 7 aromatic rings. The highest BCUT2D eigenvalue weighted by atomic mass is 35.5. The average molecular weight is 890 g/mol. The lowest BCUT2D eigenvalue weighted by Gasteiger charge is -2.22. The summed E-state index contributed by atoms with van der Waals surface area (Å²) in [6, 6.07) is 22.7. The Morgan fingerprint density at radius 2 is 1.55 bits per heavy atom. The van der Waals surface area contributed by atoms with Gasteiger partial charge in [-0.25, -0.2) is 4.68 Å². The molecule has 0 aliphatic heterocycles. The molecule has 320 valence electrons. The van der Waals surface area contributed by atoms with E-state index in [1.807, 2.05) is 36.4 Å². The number of fused-ring (bicyclic) bond motifs is 6. The number of hydrogen-bond acceptors (Lipinski definition) is 8. The van der Waals surface area contributed by atoms with Gasteiger partial charge in [-0.1, -0.05) is 76.6 Å². The summed E-state index contributed by atoms with van der Waals surface area (Å²) in [5, 5.41) is 13.8. The average Bonchev–Trinajstić information content (AvgIpc) is 4.08. The van der Waals surface area contributed by atoms with Crippen LogP contribution in [0.5, 0.6) is 0 Å². The summed E-state index contributed by atoms with van der Waals surface area (Å²) in [7, 11) is 2.89. The summed E-state index contributed by atoms with van der Waals surface area (Å²) in [5.41, 5.74) is 1.93. The number of carbonyl (C=O) groups excluding carboxylic acids is 1. The van der Waals surface area contributed by atoms with E-state index in [1.54, 1.807) is 36.4 Å². The zero-order chi connectivity index (χ0) is 44.7. The van der Waals surface area contributed by atoms with E-state index >= 15 is 0 Å². The predicted molar refractivity (Wildman–Crippen MR) is 226 cm³/mol. The number of aromatic nitrogens is 5.